The first-order chi connectivity index (χ1) is 4.70. The summed E-state index contributed by atoms with van der Waals surface area (Å²) in [6.07, 6.45) is 0. The third-order valence-electron chi connectivity index (χ3n) is 1.56. The van der Waals surface area contributed by atoms with E-state index in [0.717, 1.165) is 0 Å². The van der Waals surface area contributed by atoms with Crippen LogP contribution in [-0.2, 0) is 0 Å². The lowest BCUT2D eigenvalue weighted by Crippen LogP contribution is -1.82. The van der Waals surface area contributed by atoms with Gasteiger partial charge in [-0.1, -0.05) is 29.8 Å². The Kier molecular flexibility index (Phi) is 2.39. The molecule has 0 aromatic heterocycles. The lowest BCUT2D eigenvalue weighted by molar-refractivity contribution is 1.11. The van der Waals surface area contributed by atoms with E-state index < -0.39 is 0 Å². The molecular formula is C9H12S. The molecule has 0 heterocycles. The van der Waals surface area contributed by atoms with Crippen LogP contribution in [0, 0.1) is 6.92 Å². The summed E-state index contributed by atoms with van der Waals surface area (Å²) in [6, 6.07) is 8.46. The van der Waals surface area contributed by atoms with Gasteiger partial charge in [0.15, 0.2) is 0 Å². The van der Waals surface area contributed by atoms with Crippen LogP contribution < -0.4 is 0 Å². The summed E-state index contributed by atoms with van der Waals surface area (Å²) < 4.78 is 0. The average Bonchev–Trinajstić information content (AvgIpc) is 1.88. The molecule has 0 saturated heterocycles. The van der Waals surface area contributed by atoms with E-state index in [1.54, 1.807) is 0 Å². The maximum absolute atomic E-state index is 4.32. The van der Waals surface area contributed by atoms with Crippen LogP contribution in [-0.4, -0.2) is 0 Å². The van der Waals surface area contributed by atoms with Crippen molar-refractivity contribution in [3.05, 3.63) is 35.4 Å². The van der Waals surface area contributed by atoms with Gasteiger partial charge in [-0.3, -0.25) is 0 Å². The van der Waals surface area contributed by atoms with Crippen LogP contribution in [0.25, 0.3) is 0 Å². The van der Waals surface area contributed by atoms with Crippen molar-refractivity contribution in [3.63, 3.8) is 0 Å². The Hall–Kier alpha value is -0.430. The molecule has 0 spiro atoms. The minimum Gasteiger partial charge on any atom is -0.171 e. The topological polar surface area (TPSA) is 0 Å². The van der Waals surface area contributed by atoms with Gasteiger partial charge in [0.1, 0.15) is 0 Å². The number of hydrogen-bond acceptors (Lipinski definition) is 1. The van der Waals surface area contributed by atoms with E-state index in [4.69, 9.17) is 0 Å². The predicted octanol–water partition coefficient (Wildman–Crippen LogP) is 2.99. The summed E-state index contributed by atoms with van der Waals surface area (Å²) in [4.78, 5) is 0. The molecule has 0 amide bonds. The molecule has 0 bridgehead atoms. The van der Waals surface area contributed by atoms with E-state index in [9.17, 15) is 0 Å². The van der Waals surface area contributed by atoms with Crippen LogP contribution >= 0.6 is 12.6 Å². The molecule has 0 unspecified atom stereocenters. The fraction of sp³-hybridized carbons (Fsp3) is 0.333. The van der Waals surface area contributed by atoms with Crippen molar-refractivity contribution < 1.29 is 0 Å². The molecule has 1 aromatic carbocycles. The highest BCUT2D eigenvalue weighted by molar-refractivity contribution is 7.80. The smallest absolute Gasteiger partial charge is 0.0238 e. The Morgan fingerprint density at radius 2 is 1.70 bits per heavy atom. The van der Waals surface area contributed by atoms with Gasteiger partial charge in [-0.15, -0.1) is 0 Å². The van der Waals surface area contributed by atoms with Crippen LogP contribution in [0.3, 0.4) is 0 Å². The first-order valence-electron chi connectivity index (χ1n) is 3.45. The molecule has 1 atom stereocenters. The monoisotopic (exact) mass is 152 g/mol. The quantitative estimate of drug-likeness (QED) is 0.588. The summed E-state index contributed by atoms with van der Waals surface area (Å²) in [6.45, 7) is 4.17. The van der Waals surface area contributed by atoms with Crippen molar-refractivity contribution in [1.29, 1.82) is 0 Å². The third-order valence-corrected chi connectivity index (χ3v) is 1.86. The second kappa shape index (κ2) is 3.11. The van der Waals surface area contributed by atoms with Crippen molar-refractivity contribution in [2.24, 2.45) is 0 Å². The summed E-state index contributed by atoms with van der Waals surface area (Å²) >= 11 is 4.32. The molecule has 1 aromatic rings. The Balaban J connectivity index is 2.89. The molecule has 1 heteroatoms. The lowest BCUT2D eigenvalue weighted by atomic mass is 10.1. The molecule has 0 N–H and O–H groups in total. The van der Waals surface area contributed by atoms with Gasteiger partial charge in [0.25, 0.3) is 0 Å². The second-order valence-electron chi connectivity index (χ2n) is 2.59. The highest BCUT2D eigenvalue weighted by Gasteiger charge is 1.96. The summed E-state index contributed by atoms with van der Waals surface area (Å²) in [7, 11) is 0. The zero-order valence-electron chi connectivity index (χ0n) is 6.33. The minimum absolute atomic E-state index is 0.348. The zero-order valence-corrected chi connectivity index (χ0v) is 7.23. The van der Waals surface area contributed by atoms with Crippen molar-refractivity contribution in [1.82, 2.24) is 0 Å². The largest absolute Gasteiger partial charge is 0.171 e. The maximum atomic E-state index is 4.32. The molecule has 54 valence electrons. The van der Waals surface area contributed by atoms with Crippen molar-refractivity contribution in [3.8, 4) is 0 Å². The van der Waals surface area contributed by atoms with E-state index >= 15 is 0 Å². The number of benzene rings is 1. The third kappa shape index (κ3) is 1.77. The molecule has 0 nitrogen and oxygen atoms in total. The molecule has 0 aliphatic carbocycles. The van der Waals surface area contributed by atoms with Crippen molar-refractivity contribution in [2.45, 2.75) is 19.1 Å². The van der Waals surface area contributed by atoms with Gasteiger partial charge in [0.05, 0.1) is 0 Å². The standard InChI is InChI=1S/C9H12S/c1-7-3-5-9(6-4-7)8(2)10/h3-6,8,10H,1-2H3/t8-/m1/s1. The van der Waals surface area contributed by atoms with Crippen LogP contribution in [0.15, 0.2) is 24.3 Å². The van der Waals surface area contributed by atoms with Gasteiger partial charge in [-0.2, -0.15) is 12.6 Å². The summed E-state index contributed by atoms with van der Waals surface area (Å²) in [5, 5.41) is 0.348. The zero-order chi connectivity index (χ0) is 7.56. The van der Waals surface area contributed by atoms with Crippen LogP contribution in [0.4, 0.5) is 0 Å². The van der Waals surface area contributed by atoms with Crippen LogP contribution in [0.2, 0.25) is 0 Å². The van der Waals surface area contributed by atoms with E-state index in [1.807, 2.05) is 0 Å². The van der Waals surface area contributed by atoms with Gasteiger partial charge in [0.2, 0.25) is 0 Å². The minimum atomic E-state index is 0.348. The number of aryl methyl sites for hydroxylation is 1. The van der Waals surface area contributed by atoms with Crippen LogP contribution in [0.5, 0.6) is 0 Å². The molecule has 0 aliphatic heterocycles. The Bertz CT molecular complexity index is 198. The Morgan fingerprint density at radius 3 is 2.10 bits per heavy atom. The van der Waals surface area contributed by atoms with Gasteiger partial charge >= 0.3 is 0 Å². The fourth-order valence-corrected chi connectivity index (χ4v) is 1.02. The molecule has 0 aliphatic rings. The molecule has 0 saturated carbocycles. The SMILES string of the molecule is Cc1ccc([C@@H](C)S)cc1. The predicted molar refractivity (Wildman–Crippen MR) is 48.6 cm³/mol. The number of hydrogen-bond donors (Lipinski definition) is 1. The Labute approximate surface area is 67.7 Å². The first kappa shape index (κ1) is 7.67. The maximum Gasteiger partial charge on any atom is 0.0238 e. The fourth-order valence-electron chi connectivity index (χ4n) is 0.845. The van der Waals surface area contributed by atoms with Crippen molar-refractivity contribution >= 4 is 12.6 Å². The molecule has 0 radical (unpaired) electrons. The summed E-state index contributed by atoms with van der Waals surface area (Å²) in [5.74, 6) is 0. The highest BCUT2D eigenvalue weighted by Crippen LogP contribution is 2.18. The number of rotatable bonds is 1. The summed E-state index contributed by atoms with van der Waals surface area (Å²) in [5.41, 5.74) is 2.59. The van der Waals surface area contributed by atoms with Gasteiger partial charge in [0, 0.05) is 5.25 Å². The number of thiol groups is 1. The van der Waals surface area contributed by atoms with E-state index in [2.05, 4.69) is 50.7 Å². The average molecular weight is 152 g/mol. The highest BCUT2D eigenvalue weighted by atomic mass is 32.1. The molecular weight excluding hydrogens is 140 g/mol. The Morgan fingerprint density at radius 1 is 1.20 bits per heavy atom. The normalized spacial score (nSPS) is 13.1. The first-order valence-corrected chi connectivity index (χ1v) is 3.96. The molecule has 1 rings (SSSR count). The second-order valence-corrected chi connectivity index (χ2v) is 3.36. The lowest BCUT2D eigenvalue weighted by Gasteiger charge is -2.02. The van der Waals surface area contributed by atoms with Gasteiger partial charge in [-0.05, 0) is 19.4 Å². The van der Waals surface area contributed by atoms with E-state index in [-0.39, 0.29) is 0 Å². The van der Waals surface area contributed by atoms with E-state index in [0.29, 0.717) is 5.25 Å². The molecule has 10 heavy (non-hydrogen) atoms. The van der Waals surface area contributed by atoms with Crippen molar-refractivity contribution in [2.75, 3.05) is 0 Å². The van der Waals surface area contributed by atoms with Crippen LogP contribution in [0.1, 0.15) is 23.3 Å². The van der Waals surface area contributed by atoms with Gasteiger partial charge < -0.3 is 0 Å². The van der Waals surface area contributed by atoms with E-state index in [1.165, 1.54) is 11.1 Å². The molecule has 0 fully saturated rings. The van der Waals surface area contributed by atoms with Gasteiger partial charge in [-0.25, -0.2) is 0 Å².